The summed E-state index contributed by atoms with van der Waals surface area (Å²) in [5.74, 6) is -0.956. The summed E-state index contributed by atoms with van der Waals surface area (Å²) < 4.78 is 60.2. The molecule has 0 atom stereocenters. The summed E-state index contributed by atoms with van der Waals surface area (Å²) in [5, 5.41) is 9.12. The SMILES string of the molecule is NC(=O)c1n[nH]nc1-c1cccc(S(=O)(=O)C(F)(F)F)c1. The van der Waals surface area contributed by atoms with Gasteiger partial charge in [0.05, 0.1) is 4.90 Å². The van der Waals surface area contributed by atoms with Crippen LogP contribution in [0, 0.1) is 0 Å². The van der Waals surface area contributed by atoms with Gasteiger partial charge in [-0.15, -0.1) is 0 Å². The zero-order chi connectivity index (χ0) is 15.8. The molecule has 7 nitrogen and oxygen atoms in total. The normalized spacial score (nSPS) is 12.3. The van der Waals surface area contributed by atoms with Gasteiger partial charge in [-0.05, 0) is 12.1 Å². The minimum Gasteiger partial charge on any atom is -0.364 e. The number of carbonyl (C=O) groups is 1. The van der Waals surface area contributed by atoms with Crippen LogP contribution in [0.4, 0.5) is 13.2 Å². The fraction of sp³-hybridized carbons (Fsp3) is 0.100. The topological polar surface area (TPSA) is 119 Å². The molecule has 2 rings (SSSR count). The number of H-pyrrole nitrogens is 1. The van der Waals surface area contributed by atoms with Crippen LogP contribution in [0.2, 0.25) is 0 Å². The summed E-state index contributed by atoms with van der Waals surface area (Å²) in [4.78, 5) is 10.1. The Morgan fingerprint density at radius 1 is 1.24 bits per heavy atom. The molecule has 0 saturated carbocycles. The van der Waals surface area contributed by atoms with Crippen LogP contribution >= 0.6 is 0 Å². The first-order chi connectivity index (χ1) is 9.64. The quantitative estimate of drug-likeness (QED) is 0.869. The number of amides is 1. The second-order valence-corrected chi connectivity index (χ2v) is 5.80. The van der Waals surface area contributed by atoms with Gasteiger partial charge >= 0.3 is 5.51 Å². The van der Waals surface area contributed by atoms with Gasteiger partial charge in [0, 0.05) is 5.56 Å². The number of nitrogens with two attached hydrogens (primary N) is 1. The summed E-state index contributed by atoms with van der Waals surface area (Å²) in [6, 6.07) is 3.90. The average molecular weight is 320 g/mol. The smallest absolute Gasteiger partial charge is 0.364 e. The first-order valence-electron chi connectivity index (χ1n) is 5.27. The molecule has 1 aromatic heterocycles. The number of aromatic nitrogens is 3. The van der Waals surface area contributed by atoms with E-state index >= 15 is 0 Å². The van der Waals surface area contributed by atoms with E-state index in [9.17, 15) is 26.4 Å². The number of hydrogen-bond donors (Lipinski definition) is 2. The molecule has 1 heterocycles. The summed E-state index contributed by atoms with van der Waals surface area (Å²) in [7, 11) is -5.50. The molecule has 0 radical (unpaired) electrons. The summed E-state index contributed by atoms with van der Waals surface area (Å²) in [5.41, 5.74) is -0.884. The number of benzene rings is 1. The largest absolute Gasteiger partial charge is 0.501 e. The molecular formula is C10H7F3N4O3S. The van der Waals surface area contributed by atoms with Gasteiger partial charge in [0.15, 0.2) is 5.69 Å². The van der Waals surface area contributed by atoms with Crippen molar-refractivity contribution >= 4 is 15.7 Å². The van der Waals surface area contributed by atoms with Crippen LogP contribution in [-0.2, 0) is 9.84 Å². The lowest BCUT2D eigenvalue weighted by Crippen LogP contribution is -2.23. The Morgan fingerprint density at radius 2 is 1.90 bits per heavy atom. The van der Waals surface area contributed by atoms with Crippen LogP contribution in [0.3, 0.4) is 0 Å². The van der Waals surface area contributed by atoms with Crippen molar-refractivity contribution in [2.45, 2.75) is 10.4 Å². The van der Waals surface area contributed by atoms with Crippen molar-refractivity contribution in [3.8, 4) is 11.3 Å². The monoisotopic (exact) mass is 320 g/mol. The van der Waals surface area contributed by atoms with E-state index in [4.69, 9.17) is 5.73 Å². The van der Waals surface area contributed by atoms with Crippen molar-refractivity contribution in [2.75, 3.05) is 0 Å². The van der Waals surface area contributed by atoms with E-state index < -0.39 is 26.1 Å². The molecule has 0 fully saturated rings. The lowest BCUT2D eigenvalue weighted by atomic mass is 10.1. The Kier molecular flexibility index (Phi) is 3.45. The zero-order valence-corrected chi connectivity index (χ0v) is 10.9. The van der Waals surface area contributed by atoms with Gasteiger partial charge in [0.2, 0.25) is 0 Å². The average Bonchev–Trinajstić information content (AvgIpc) is 2.87. The third kappa shape index (κ3) is 2.59. The van der Waals surface area contributed by atoms with Crippen LogP contribution < -0.4 is 5.73 Å². The number of halogens is 3. The molecule has 0 saturated heterocycles. The van der Waals surface area contributed by atoms with Crippen molar-refractivity contribution < 1.29 is 26.4 Å². The van der Waals surface area contributed by atoms with Crippen LogP contribution in [0.25, 0.3) is 11.3 Å². The fourth-order valence-electron chi connectivity index (χ4n) is 1.55. The Bertz CT molecular complexity index is 798. The van der Waals surface area contributed by atoms with Crippen LogP contribution in [0.5, 0.6) is 0 Å². The van der Waals surface area contributed by atoms with Crippen molar-refractivity contribution in [1.29, 1.82) is 0 Å². The van der Waals surface area contributed by atoms with E-state index in [0.29, 0.717) is 0 Å². The maximum absolute atomic E-state index is 12.5. The highest BCUT2D eigenvalue weighted by atomic mass is 32.2. The van der Waals surface area contributed by atoms with E-state index in [1.807, 2.05) is 0 Å². The minimum atomic E-state index is -5.50. The second-order valence-electron chi connectivity index (χ2n) is 3.86. The van der Waals surface area contributed by atoms with Gasteiger partial charge in [-0.3, -0.25) is 4.79 Å². The van der Waals surface area contributed by atoms with Gasteiger partial charge in [-0.2, -0.15) is 28.6 Å². The number of nitrogens with one attached hydrogen (secondary N) is 1. The van der Waals surface area contributed by atoms with E-state index in [2.05, 4.69) is 15.4 Å². The van der Waals surface area contributed by atoms with Crippen LogP contribution in [0.1, 0.15) is 10.5 Å². The number of carbonyl (C=O) groups excluding carboxylic acids is 1. The number of rotatable bonds is 3. The zero-order valence-electron chi connectivity index (χ0n) is 10.0. The Labute approximate surface area is 115 Å². The molecule has 0 aliphatic carbocycles. The molecule has 0 aliphatic heterocycles. The minimum absolute atomic E-state index is 0.0390. The van der Waals surface area contributed by atoms with Gasteiger partial charge < -0.3 is 5.73 Å². The molecule has 3 N–H and O–H groups in total. The first kappa shape index (κ1) is 15.0. The maximum Gasteiger partial charge on any atom is 0.501 e. The van der Waals surface area contributed by atoms with Crippen LogP contribution in [-0.4, -0.2) is 35.2 Å². The van der Waals surface area contributed by atoms with E-state index in [1.165, 1.54) is 6.07 Å². The Hall–Kier alpha value is -2.43. The maximum atomic E-state index is 12.5. The lowest BCUT2D eigenvalue weighted by molar-refractivity contribution is -0.0436. The third-order valence-corrected chi connectivity index (χ3v) is 3.99. The van der Waals surface area contributed by atoms with Crippen LogP contribution in [0.15, 0.2) is 29.2 Å². The molecule has 2 aromatic rings. The predicted molar refractivity (Wildman–Crippen MR) is 63.6 cm³/mol. The number of sulfone groups is 1. The summed E-state index contributed by atoms with van der Waals surface area (Å²) in [6.07, 6.45) is 0. The summed E-state index contributed by atoms with van der Waals surface area (Å²) >= 11 is 0. The molecule has 0 spiro atoms. The second kappa shape index (κ2) is 4.84. The predicted octanol–water partition coefficient (Wildman–Crippen LogP) is 0.864. The molecule has 0 bridgehead atoms. The standard InChI is InChI=1S/C10H7F3N4O3S/c11-10(12,13)21(19,20)6-3-1-2-5(4-6)7-8(9(14)18)16-17-15-7/h1-4H,(H2,14,18)(H,15,16,17). The number of aromatic amines is 1. The molecule has 11 heteroatoms. The highest BCUT2D eigenvalue weighted by molar-refractivity contribution is 7.92. The van der Waals surface area contributed by atoms with E-state index in [0.717, 1.165) is 18.2 Å². The number of nitrogens with zero attached hydrogens (tertiary/aromatic N) is 2. The van der Waals surface area contributed by atoms with Crippen molar-refractivity contribution in [2.24, 2.45) is 5.73 Å². The third-order valence-electron chi connectivity index (χ3n) is 2.50. The van der Waals surface area contributed by atoms with E-state index in [-0.39, 0.29) is 17.0 Å². The molecular weight excluding hydrogens is 313 g/mol. The van der Waals surface area contributed by atoms with Gasteiger partial charge in [0.1, 0.15) is 5.69 Å². The molecule has 0 aliphatic rings. The molecule has 21 heavy (non-hydrogen) atoms. The number of primary amides is 1. The van der Waals surface area contributed by atoms with Gasteiger partial charge in [-0.1, -0.05) is 12.1 Å². The van der Waals surface area contributed by atoms with Gasteiger partial charge in [-0.25, -0.2) is 8.42 Å². The Morgan fingerprint density at radius 3 is 2.48 bits per heavy atom. The van der Waals surface area contributed by atoms with Crippen molar-refractivity contribution in [3.63, 3.8) is 0 Å². The Balaban J connectivity index is 2.58. The molecule has 1 aromatic carbocycles. The highest BCUT2D eigenvalue weighted by Crippen LogP contribution is 2.32. The summed E-state index contributed by atoms with van der Waals surface area (Å²) in [6.45, 7) is 0. The molecule has 112 valence electrons. The van der Waals surface area contributed by atoms with E-state index in [1.54, 1.807) is 0 Å². The number of alkyl halides is 3. The molecule has 1 amide bonds. The van der Waals surface area contributed by atoms with Gasteiger partial charge in [0.25, 0.3) is 15.7 Å². The number of hydrogen-bond acceptors (Lipinski definition) is 5. The highest BCUT2D eigenvalue weighted by Gasteiger charge is 2.46. The van der Waals surface area contributed by atoms with Crippen molar-refractivity contribution in [1.82, 2.24) is 15.4 Å². The fourth-order valence-corrected chi connectivity index (χ4v) is 2.36. The first-order valence-corrected chi connectivity index (χ1v) is 6.75. The van der Waals surface area contributed by atoms with Crippen molar-refractivity contribution in [3.05, 3.63) is 30.0 Å². The molecule has 0 unspecified atom stereocenters. The lowest BCUT2D eigenvalue weighted by Gasteiger charge is -2.08.